The number of benzene rings is 1. The Morgan fingerprint density at radius 2 is 2.12 bits per heavy atom. The molecular weight excluding hydrogens is 354 g/mol. The van der Waals surface area contributed by atoms with E-state index < -0.39 is 9.84 Å². The second-order valence-corrected chi connectivity index (χ2v) is 8.68. The van der Waals surface area contributed by atoms with Crippen LogP contribution in [-0.4, -0.2) is 54.8 Å². The Morgan fingerprint density at radius 1 is 1.35 bits per heavy atom. The molecule has 1 N–H and O–H groups in total. The van der Waals surface area contributed by atoms with Crippen molar-refractivity contribution in [1.29, 1.82) is 0 Å². The topological polar surface area (TPSA) is 92.5 Å². The number of amides is 1. The molecule has 26 heavy (non-hydrogen) atoms. The third-order valence-corrected chi connectivity index (χ3v) is 6.15. The Morgan fingerprint density at radius 3 is 2.77 bits per heavy atom. The zero-order valence-electron chi connectivity index (χ0n) is 14.7. The number of sulfone groups is 1. The molecule has 1 aliphatic rings. The molecule has 3 rings (SSSR count). The molecule has 0 unspecified atom stereocenters. The minimum atomic E-state index is -3.00. The van der Waals surface area contributed by atoms with Gasteiger partial charge in [-0.3, -0.25) is 9.69 Å². The van der Waals surface area contributed by atoms with Gasteiger partial charge in [0.2, 0.25) is 11.8 Å². The molecule has 1 atom stereocenters. The van der Waals surface area contributed by atoms with E-state index in [1.54, 1.807) is 6.20 Å². The molecule has 0 radical (unpaired) electrons. The molecule has 8 heteroatoms. The summed E-state index contributed by atoms with van der Waals surface area (Å²) in [5.74, 6) is 1.24. The standard InChI is InChI=1S/C18H23N3O4S/c1-2-21(11-17(22)20-15-8-9-26(23,24)13-15)12-18-19-10-16(25-18)14-6-4-3-5-7-14/h3-7,10,15H,2,8-9,11-13H2,1H3,(H,20,22)/t15-/m0/s1. The van der Waals surface area contributed by atoms with Crippen LogP contribution in [0.4, 0.5) is 0 Å². The fourth-order valence-corrected chi connectivity index (χ4v) is 4.65. The largest absolute Gasteiger partial charge is 0.439 e. The van der Waals surface area contributed by atoms with Gasteiger partial charge in [-0.15, -0.1) is 0 Å². The van der Waals surface area contributed by atoms with Crippen molar-refractivity contribution in [3.8, 4) is 11.3 Å². The normalized spacial score (nSPS) is 18.9. The number of hydrogen-bond donors (Lipinski definition) is 1. The summed E-state index contributed by atoms with van der Waals surface area (Å²) in [6.07, 6.45) is 2.17. The number of aromatic nitrogens is 1. The number of nitrogens with one attached hydrogen (secondary N) is 1. The van der Waals surface area contributed by atoms with Gasteiger partial charge in [0.25, 0.3) is 0 Å². The van der Waals surface area contributed by atoms with Gasteiger partial charge in [0.1, 0.15) is 0 Å². The van der Waals surface area contributed by atoms with Crippen LogP contribution in [0, 0.1) is 0 Å². The van der Waals surface area contributed by atoms with Gasteiger partial charge in [-0.1, -0.05) is 37.3 Å². The van der Waals surface area contributed by atoms with Crippen molar-refractivity contribution >= 4 is 15.7 Å². The molecule has 0 saturated carbocycles. The van der Waals surface area contributed by atoms with Crippen LogP contribution >= 0.6 is 0 Å². The zero-order valence-corrected chi connectivity index (χ0v) is 15.5. The quantitative estimate of drug-likeness (QED) is 0.785. The summed E-state index contributed by atoms with van der Waals surface area (Å²) >= 11 is 0. The molecule has 0 aliphatic carbocycles. The summed E-state index contributed by atoms with van der Waals surface area (Å²) in [7, 11) is -3.00. The molecule has 1 saturated heterocycles. The Balaban J connectivity index is 1.55. The third-order valence-electron chi connectivity index (χ3n) is 4.38. The summed E-state index contributed by atoms with van der Waals surface area (Å²) in [4.78, 5) is 18.4. The predicted octanol–water partition coefficient (Wildman–Crippen LogP) is 1.47. The first-order chi connectivity index (χ1) is 12.4. The molecule has 1 fully saturated rings. The van der Waals surface area contributed by atoms with Crippen molar-refractivity contribution in [1.82, 2.24) is 15.2 Å². The molecule has 1 aromatic heterocycles. The van der Waals surface area contributed by atoms with Crippen LogP contribution in [0.2, 0.25) is 0 Å². The first-order valence-electron chi connectivity index (χ1n) is 8.67. The van der Waals surface area contributed by atoms with Crippen molar-refractivity contribution in [3.63, 3.8) is 0 Å². The monoisotopic (exact) mass is 377 g/mol. The lowest BCUT2D eigenvalue weighted by Gasteiger charge is -2.19. The Bertz CT molecular complexity index is 848. The number of likely N-dealkylation sites (N-methyl/N-ethyl adjacent to an activating group) is 1. The maximum atomic E-state index is 12.2. The van der Waals surface area contributed by atoms with E-state index in [9.17, 15) is 13.2 Å². The third kappa shape index (κ3) is 4.92. The van der Waals surface area contributed by atoms with Crippen molar-refractivity contribution in [2.45, 2.75) is 25.9 Å². The highest BCUT2D eigenvalue weighted by atomic mass is 32.2. The fraction of sp³-hybridized carbons (Fsp3) is 0.444. The molecule has 1 aliphatic heterocycles. The van der Waals surface area contributed by atoms with Gasteiger partial charge in [0, 0.05) is 11.6 Å². The minimum absolute atomic E-state index is 0.0328. The zero-order chi connectivity index (χ0) is 18.6. The molecular formula is C18H23N3O4S. The average molecular weight is 377 g/mol. The number of carbonyl (C=O) groups excluding carboxylic acids is 1. The van der Waals surface area contributed by atoms with Crippen molar-refractivity contribution < 1.29 is 17.6 Å². The Labute approximate surface area is 153 Å². The van der Waals surface area contributed by atoms with Crippen molar-refractivity contribution in [2.24, 2.45) is 0 Å². The number of oxazole rings is 1. The summed E-state index contributed by atoms with van der Waals surface area (Å²) < 4.78 is 28.7. The van der Waals surface area contributed by atoms with Crippen LogP contribution in [0.15, 0.2) is 40.9 Å². The molecule has 2 aromatic rings. The molecule has 2 heterocycles. The Kier molecular flexibility index (Phi) is 5.73. The smallest absolute Gasteiger partial charge is 0.234 e. The van der Waals surface area contributed by atoms with E-state index in [1.165, 1.54) is 0 Å². The SMILES string of the molecule is CCN(CC(=O)N[C@H]1CCS(=O)(=O)C1)Cc1ncc(-c2ccccc2)o1. The van der Waals surface area contributed by atoms with Crippen molar-refractivity contribution in [2.75, 3.05) is 24.6 Å². The summed E-state index contributed by atoms with van der Waals surface area (Å²) in [5, 5.41) is 2.81. The molecule has 0 spiro atoms. The van der Waals surface area contributed by atoms with E-state index in [1.807, 2.05) is 42.2 Å². The highest BCUT2D eigenvalue weighted by Crippen LogP contribution is 2.20. The van der Waals surface area contributed by atoms with Crippen LogP contribution < -0.4 is 5.32 Å². The Hall–Kier alpha value is -2.19. The van der Waals surface area contributed by atoms with Gasteiger partial charge in [-0.2, -0.15) is 0 Å². The number of rotatable bonds is 7. The van der Waals surface area contributed by atoms with Crippen LogP contribution in [0.3, 0.4) is 0 Å². The van der Waals surface area contributed by atoms with E-state index in [-0.39, 0.29) is 30.0 Å². The van der Waals surface area contributed by atoms with Crippen molar-refractivity contribution in [3.05, 3.63) is 42.4 Å². The van der Waals surface area contributed by atoms with E-state index in [0.717, 1.165) is 5.56 Å². The van der Waals surface area contributed by atoms with Crippen LogP contribution in [0.1, 0.15) is 19.2 Å². The lowest BCUT2D eigenvalue weighted by Crippen LogP contribution is -2.42. The molecule has 0 bridgehead atoms. The molecule has 140 valence electrons. The second-order valence-electron chi connectivity index (χ2n) is 6.46. The number of nitrogens with zero attached hydrogens (tertiary/aromatic N) is 2. The molecule has 7 nitrogen and oxygen atoms in total. The van der Waals surface area contributed by atoms with E-state index in [4.69, 9.17) is 4.42 Å². The average Bonchev–Trinajstić information content (AvgIpc) is 3.21. The number of hydrogen-bond acceptors (Lipinski definition) is 6. The predicted molar refractivity (Wildman–Crippen MR) is 98.1 cm³/mol. The highest BCUT2D eigenvalue weighted by molar-refractivity contribution is 7.91. The van der Waals surface area contributed by atoms with Crippen LogP contribution in [0.25, 0.3) is 11.3 Å². The van der Waals surface area contributed by atoms with Crippen LogP contribution in [-0.2, 0) is 21.2 Å². The second kappa shape index (κ2) is 8.01. The maximum absolute atomic E-state index is 12.2. The fourth-order valence-electron chi connectivity index (χ4n) is 2.98. The van der Waals surface area contributed by atoms with Gasteiger partial charge < -0.3 is 9.73 Å². The maximum Gasteiger partial charge on any atom is 0.234 e. The lowest BCUT2D eigenvalue weighted by molar-refractivity contribution is -0.122. The summed E-state index contributed by atoms with van der Waals surface area (Å²) in [6.45, 7) is 3.20. The van der Waals surface area contributed by atoms with Gasteiger partial charge in [0.15, 0.2) is 15.6 Å². The number of carbonyl (C=O) groups is 1. The van der Waals surface area contributed by atoms with Gasteiger partial charge >= 0.3 is 0 Å². The van der Waals surface area contributed by atoms with Gasteiger partial charge in [0.05, 0.1) is 30.8 Å². The summed E-state index contributed by atoms with van der Waals surface area (Å²) in [6, 6.07) is 9.43. The lowest BCUT2D eigenvalue weighted by atomic mass is 10.2. The summed E-state index contributed by atoms with van der Waals surface area (Å²) in [5.41, 5.74) is 0.953. The van der Waals surface area contributed by atoms with E-state index >= 15 is 0 Å². The van der Waals surface area contributed by atoms with Crippen LogP contribution in [0.5, 0.6) is 0 Å². The first kappa shape index (κ1) is 18.6. The molecule has 1 aromatic carbocycles. The van der Waals surface area contributed by atoms with E-state index in [2.05, 4.69) is 10.3 Å². The van der Waals surface area contributed by atoms with Gasteiger partial charge in [-0.05, 0) is 13.0 Å². The first-order valence-corrected chi connectivity index (χ1v) is 10.5. The van der Waals surface area contributed by atoms with Gasteiger partial charge in [-0.25, -0.2) is 13.4 Å². The minimum Gasteiger partial charge on any atom is -0.439 e. The highest BCUT2D eigenvalue weighted by Gasteiger charge is 2.29. The molecule has 1 amide bonds. The van der Waals surface area contributed by atoms with E-state index in [0.29, 0.717) is 31.2 Å².